The highest BCUT2D eigenvalue weighted by Gasteiger charge is 2.36. The minimum absolute atomic E-state index is 0.0160. The molecule has 2 N–H and O–H groups in total. The van der Waals surface area contributed by atoms with Crippen molar-refractivity contribution < 1.29 is 28.7 Å². The Morgan fingerprint density at radius 1 is 0.810 bits per heavy atom. The van der Waals surface area contributed by atoms with Crippen molar-refractivity contribution in [3.63, 3.8) is 0 Å². The van der Waals surface area contributed by atoms with Gasteiger partial charge in [0.15, 0.2) is 0 Å². The maximum Gasteiger partial charge on any atom is 0.319 e. The van der Waals surface area contributed by atoms with E-state index in [1.165, 1.54) is 13.5 Å². The number of ether oxygens (including phenoxy) is 2. The lowest BCUT2D eigenvalue weighted by Crippen LogP contribution is -2.57. The zero-order chi connectivity index (χ0) is 44.1. The molecule has 346 valence electrons. The van der Waals surface area contributed by atoms with Crippen molar-refractivity contribution in [3.05, 3.63) is 47.2 Å². The molecule has 4 amide bonds. The Labute approximate surface area is 374 Å². The van der Waals surface area contributed by atoms with Crippen LogP contribution < -0.4 is 20.1 Å². The minimum Gasteiger partial charge on any atom is -0.478 e. The third kappa shape index (κ3) is 12.9. The Morgan fingerprint density at radius 3 is 2.29 bits per heavy atom. The zero-order valence-electron chi connectivity index (χ0n) is 38.1. The summed E-state index contributed by atoms with van der Waals surface area (Å²) in [7, 11) is 3.62. The summed E-state index contributed by atoms with van der Waals surface area (Å²) in [5.41, 5.74) is 2.34. The van der Waals surface area contributed by atoms with Gasteiger partial charge in [0.2, 0.25) is 23.6 Å². The number of carbonyl (C=O) groups excluding carboxylic acids is 4. The first-order chi connectivity index (χ1) is 30.7. The molecule has 1 saturated carbocycles. The number of carbonyl (C=O) groups is 4. The van der Waals surface area contributed by atoms with Gasteiger partial charge < -0.3 is 39.7 Å². The van der Waals surface area contributed by atoms with Crippen LogP contribution in [0.3, 0.4) is 0 Å². The molecular weight excluding hydrogens is 801 g/mol. The number of rotatable bonds is 16. The van der Waals surface area contributed by atoms with Crippen LogP contribution in [0.1, 0.15) is 92.1 Å². The number of likely N-dealkylation sites (N-methyl/N-ethyl adjacent to an activating group) is 1. The second-order valence-electron chi connectivity index (χ2n) is 18.4. The molecule has 1 aromatic heterocycles. The molecule has 2 unspecified atom stereocenters. The van der Waals surface area contributed by atoms with Crippen LogP contribution in [0.25, 0.3) is 0 Å². The van der Waals surface area contributed by atoms with Crippen LogP contribution in [0.2, 0.25) is 0 Å². The molecular formula is C47H72N10O6. The fraction of sp³-hybridized carbons (Fsp3) is 0.702. The molecule has 2 atom stereocenters. The van der Waals surface area contributed by atoms with Gasteiger partial charge in [0.25, 0.3) is 5.91 Å². The number of nitrogens with one attached hydrogen (secondary N) is 2. The highest BCUT2D eigenvalue weighted by Crippen LogP contribution is 2.30. The molecule has 0 bridgehead atoms. The molecule has 5 aliphatic rings. The lowest BCUT2D eigenvalue weighted by atomic mass is 9.83. The smallest absolute Gasteiger partial charge is 0.319 e. The van der Waals surface area contributed by atoms with Crippen molar-refractivity contribution in [2.75, 3.05) is 119 Å². The highest BCUT2D eigenvalue weighted by molar-refractivity contribution is 5.98. The molecule has 16 nitrogen and oxygen atoms in total. The Kier molecular flexibility index (Phi) is 17.0. The normalized spacial score (nSPS) is 21.8. The predicted molar refractivity (Wildman–Crippen MR) is 241 cm³/mol. The first-order valence-electron chi connectivity index (χ1n) is 23.8. The van der Waals surface area contributed by atoms with Gasteiger partial charge >= 0.3 is 6.01 Å². The fourth-order valence-electron chi connectivity index (χ4n) is 10.1. The zero-order valence-corrected chi connectivity index (χ0v) is 38.1. The van der Waals surface area contributed by atoms with E-state index in [0.29, 0.717) is 63.2 Å². The van der Waals surface area contributed by atoms with Crippen LogP contribution in [0.15, 0.2) is 30.5 Å². The fourth-order valence-corrected chi connectivity index (χ4v) is 10.1. The highest BCUT2D eigenvalue weighted by atomic mass is 16.5. The van der Waals surface area contributed by atoms with Crippen molar-refractivity contribution in [3.8, 4) is 11.9 Å². The van der Waals surface area contributed by atoms with Crippen LogP contribution in [0.4, 0.5) is 0 Å². The lowest BCUT2D eigenvalue weighted by Gasteiger charge is -2.41. The van der Waals surface area contributed by atoms with Gasteiger partial charge in [0.1, 0.15) is 6.04 Å². The summed E-state index contributed by atoms with van der Waals surface area (Å²) in [4.78, 5) is 76.2. The van der Waals surface area contributed by atoms with E-state index in [1.807, 2.05) is 39.8 Å². The standard InChI is InChI=1S/C47H72N10O6/c1-4-63-45-40(30-49-47(51-45)62-3)29-48-31-41(58)57-17-9-14-39(33-57)37-12-8-13-38(28-37)44(60)50-43(36-10-6-5-7-11-36)46(61)56-26-22-54(23-27-56)32-35-15-18-53(19-16-35)34-42(59)55-24-20-52(2)21-25-55/h8,12-13,28,30,35-36,39,43,48H,4-7,9-11,14-27,29,31-34H2,1-3H3,(H,50,60). The van der Waals surface area contributed by atoms with E-state index in [-0.39, 0.29) is 48.0 Å². The Balaban J connectivity index is 0.880. The van der Waals surface area contributed by atoms with Gasteiger partial charge in [-0.2, -0.15) is 4.98 Å². The van der Waals surface area contributed by atoms with Gasteiger partial charge in [-0.25, -0.2) is 4.98 Å². The number of benzene rings is 1. The predicted octanol–water partition coefficient (Wildman–Crippen LogP) is 2.69. The summed E-state index contributed by atoms with van der Waals surface area (Å²) >= 11 is 0. The van der Waals surface area contributed by atoms with Crippen molar-refractivity contribution in [2.45, 2.75) is 83.2 Å². The lowest BCUT2D eigenvalue weighted by molar-refractivity contribution is -0.137. The van der Waals surface area contributed by atoms with Crippen LogP contribution in [-0.2, 0) is 20.9 Å². The largest absolute Gasteiger partial charge is 0.478 e. The van der Waals surface area contributed by atoms with E-state index in [4.69, 9.17) is 9.47 Å². The average Bonchev–Trinajstić information content (AvgIpc) is 3.32. The second kappa shape index (κ2) is 23.0. The molecule has 2 aromatic rings. The number of hydrogen-bond donors (Lipinski definition) is 2. The first-order valence-corrected chi connectivity index (χ1v) is 23.8. The van der Waals surface area contributed by atoms with E-state index >= 15 is 0 Å². The van der Waals surface area contributed by atoms with Crippen molar-refractivity contribution in [1.29, 1.82) is 0 Å². The van der Waals surface area contributed by atoms with Gasteiger partial charge in [0, 0.05) is 102 Å². The summed E-state index contributed by atoms with van der Waals surface area (Å²) in [5.74, 6) is 1.38. The molecule has 1 aromatic carbocycles. The molecule has 7 rings (SSSR count). The number of hydrogen-bond acceptors (Lipinski definition) is 12. The van der Waals surface area contributed by atoms with Gasteiger partial charge in [-0.1, -0.05) is 31.4 Å². The van der Waals surface area contributed by atoms with E-state index in [2.05, 4.69) is 48.4 Å². The van der Waals surface area contributed by atoms with E-state index in [1.54, 1.807) is 6.20 Å². The Bertz CT molecular complexity index is 1820. The molecule has 4 aliphatic heterocycles. The van der Waals surface area contributed by atoms with Crippen LogP contribution in [0.5, 0.6) is 11.9 Å². The van der Waals surface area contributed by atoms with E-state index in [9.17, 15) is 19.2 Å². The minimum atomic E-state index is -0.546. The van der Waals surface area contributed by atoms with Crippen molar-refractivity contribution in [1.82, 2.24) is 50.0 Å². The molecule has 1 aliphatic carbocycles. The van der Waals surface area contributed by atoms with Gasteiger partial charge in [-0.15, -0.1) is 0 Å². The topological polar surface area (TPSA) is 156 Å². The number of piperazine rings is 2. The molecule has 5 heterocycles. The number of aromatic nitrogens is 2. The molecule has 4 saturated heterocycles. The summed E-state index contributed by atoms with van der Waals surface area (Å²) in [6, 6.07) is 7.46. The number of piperidine rings is 2. The van der Waals surface area contributed by atoms with Gasteiger partial charge in [-0.3, -0.25) is 29.0 Å². The van der Waals surface area contributed by atoms with E-state index in [0.717, 1.165) is 121 Å². The molecule has 5 fully saturated rings. The molecule has 16 heteroatoms. The monoisotopic (exact) mass is 873 g/mol. The van der Waals surface area contributed by atoms with Crippen LogP contribution in [0, 0.1) is 11.8 Å². The summed E-state index contributed by atoms with van der Waals surface area (Å²) in [5, 5.41) is 6.49. The average molecular weight is 873 g/mol. The summed E-state index contributed by atoms with van der Waals surface area (Å²) < 4.78 is 10.8. The molecule has 63 heavy (non-hydrogen) atoms. The maximum atomic E-state index is 14.4. The van der Waals surface area contributed by atoms with Crippen molar-refractivity contribution in [2.24, 2.45) is 11.8 Å². The van der Waals surface area contributed by atoms with Crippen LogP contribution >= 0.6 is 0 Å². The second-order valence-corrected chi connectivity index (χ2v) is 18.4. The van der Waals surface area contributed by atoms with Gasteiger partial charge in [-0.05, 0) is 95.1 Å². The van der Waals surface area contributed by atoms with Crippen molar-refractivity contribution >= 4 is 23.6 Å². The first kappa shape index (κ1) is 46.6. The number of amides is 4. The molecule has 0 spiro atoms. The Morgan fingerprint density at radius 2 is 1.56 bits per heavy atom. The van der Waals surface area contributed by atoms with Crippen LogP contribution in [-0.4, -0.2) is 188 Å². The third-order valence-electron chi connectivity index (χ3n) is 14.0. The van der Waals surface area contributed by atoms with E-state index < -0.39 is 6.04 Å². The summed E-state index contributed by atoms with van der Waals surface area (Å²) in [6.07, 6.45) is 10.9. The summed E-state index contributed by atoms with van der Waals surface area (Å²) in [6.45, 7) is 14.2. The quantitative estimate of drug-likeness (QED) is 0.255. The number of likely N-dealkylation sites (tertiary alicyclic amines) is 2. The van der Waals surface area contributed by atoms with Gasteiger partial charge in [0.05, 0.1) is 26.8 Å². The number of nitrogens with zero attached hydrogens (tertiary/aromatic N) is 8. The molecule has 0 radical (unpaired) electrons. The third-order valence-corrected chi connectivity index (χ3v) is 14.0. The SMILES string of the molecule is CCOc1nc(OC)ncc1CNCC(=O)N1CCCC(c2cccc(C(=O)NC(C(=O)N3CCN(CC4CCN(CC(=O)N5CCN(C)CC5)CC4)CC3)C3CCCCC3)c2)C1. The maximum absolute atomic E-state index is 14.4. The number of methoxy groups -OCH3 is 1. The Hall–Kier alpha value is -4.38.